The predicted molar refractivity (Wildman–Crippen MR) is 81.2 cm³/mol. The van der Waals surface area contributed by atoms with Crippen LogP contribution in [0, 0.1) is 11.7 Å². The Kier molecular flexibility index (Phi) is 4.49. The van der Waals surface area contributed by atoms with E-state index < -0.39 is 15.8 Å². The van der Waals surface area contributed by atoms with Crippen molar-refractivity contribution in [1.29, 1.82) is 0 Å². The molecule has 1 aliphatic heterocycles. The Labute approximate surface area is 129 Å². The van der Waals surface area contributed by atoms with Crippen molar-refractivity contribution >= 4 is 27.3 Å². The Morgan fingerprint density at radius 1 is 1.38 bits per heavy atom. The maximum absolute atomic E-state index is 13.3. The SMILES string of the molecule is CC1CN(S(=O)(=O)c2cc(N)c(F)cc2Cl)CC1N(C)C. The molecule has 0 bridgehead atoms. The summed E-state index contributed by atoms with van der Waals surface area (Å²) >= 11 is 5.89. The number of hydrogen-bond acceptors (Lipinski definition) is 4. The van der Waals surface area contributed by atoms with Crippen molar-refractivity contribution in [3.8, 4) is 0 Å². The Morgan fingerprint density at radius 2 is 2.00 bits per heavy atom. The van der Waals surface area contributed by atoms with Crippen LogP contribution in [-0.4, -0.2) is 50.8 Å². The first-order chi connectivity index (χ1) is 9.64. The molecule has 5 nitrogen and oxygen atoms in total. The van der Waals surface area contributed by atoms with E-state index in [4.69, 9.17) is 17.3 Å². The molecule has 2 atom stereocenters. The van der Waals surface area contributed by atoms with Gasteiger partial charge in [-0.15, -0.1) is 0 Å². The van der Waals surface area contributed by atoms with E-state index in [1.54, 1.807) is 0 Å². The highest BCUT2D eigenvalue weighted by atomic mass is 35.5. The van der Waals surface area contributed by atoms with Gasteiger partial charge in [0.1, 0.15) is 10.7 Å². The number of nitrogens with two attached hydrogens (primary N) is 1. The van der Waals surface area contributed by atoms with E-state index in [1.165, 1.54) is 4.31 Å². The Morgan fingerprint density at radius 3 is 2.52 bits per heavy atom. The molecular formula is C13H19ClFN3O2S. The first-order valence-electron chi connectivity index (χ1n) is 6.55. The third-order valence-corrected chi connectivity index (χ3v) is 6.17. The molecule has 2 rings (SSSR count). The van der Waals surface area contributed by atoms with Gasteiger partial charge in [0.15, 0.2) is 0 Å². The number of anilines is 1. The van der Waals surface area contributed by atoms with E-state index in [0.29, 0.717) is 13.1 Å². The second kappa shape index (κ2) is 5.72. The number of halogens is 2. The standard InChI is InChI=1S/C13H19ClFN3O2S/c1-8-6-18(7-12(8)17(2)3)21(19,20)13-5-11(16)10(15)4-9(13)14/h4-5,8,12H,6-7,16H2,1-3H3. The van der Waals surface area contributed by atoms with E-state index in [1.807, 2.05) is 25.9 Å². The molecule has 2 N–H and O–H groups in total. The van der Waals surface area contributed by atoms with Gasteiger partial charge in [0.2, 0.25) is 10.0 Å². The highest BCUT2D eigenvalue weighted by Gasteiger charge is 2.39. The summed E-state index contributed by atoms with van der Waals surface area (Å²) in [6, 6.07) is 2.16. The lowest BCUT2D eigenvalue weighted by molar-refractivity contribution is 0.263. The van der Waals surface area contributed by atoms with Crippen molar-refractivity contribution in [2.24, 2.45) is 5.92 Å². The van der Waals surface area contributed by atoms with Crippen LogP contribution in [0.5, 0.6) is 0 Å². The van der Waals surface area contributed by atoms with Crippen LogP contribution in [0.25, 0.3) is 0 Å². The van der Waals surface area contributed by atoms with Gasteiger partial charge in [-0.25, -0.2) is 12.8 Å². The summed E-state index contributed by atoms with van der Waals surface area (Å²) in [6.45, 7) is 2.78. The molecule has 21 heavy (non-hydrogen) atoms. The normalized spacial score (nSPS) is 23.9. The smallest absolute Gasteiger partial charge is 0.244 e. The van der Waals surface area contributed by atoms with Crippen LogP contribution in [-0.2, 0) is 10.0 Å². The molecule has 0 aliphatic carbocycles. The lowest BCUT2D eigenvalue weighted by Crippen LogP contribution is -2.35. The van der Waals surface area contributed by atoms with Gasteiger partial charge in [-0.05, 0) is 32.1 Å². The molecule has 1 saturated heterocycles. The second-order valence-corrected chi connectivity index (χ2v) is 7.95. The van der Waals surface area contributed by atoms with Gasteiger partial charge in [-0.1, -0.05) is 18.5 Å². The largest absolute Gasteiger partial charge is 0.396 e. The Hall–Kier alpha value is -0.890. The number of benzene rings is 1. The van der Waals surface area contributed by atoms with Gasteiger partial charge in [0.05, 0.1) is 10.7 Å². The van der Waals surface area contributed by atoms with Gasteiger partial charge in [0.25, 0.3) is 0 Å². The van der Waals surface area contributed by atoms with E-state index in [2.05, 4.69) is 0 Å². The average Bonchev–Trinajstić information content (AvgIpc) is 2.76. The lowest BCUT2D eigenvalue weighted by atomic mass is 10.1. The molecule has 8 heteroatoms. The van der Waals surface area contributed by atoms with Crippen molar-refractivity contribution in [1.82, 2.24) is 9.21 Å². The molecule has 1 aromatic rings. The first-order valence-corrected chi connectivity index (χ1v) is 8.37. The van der Waals surface area contributed by atoms with E-state index in [9.17, 15) is 12.8 Å². The number of rotatable bonds is 3. The first kappa shape index (κ1) is 16.5. The minimum absolute atomic E-state index is 0.136. The highest BCUT2D eigenvalue weighted by Crippen LogP contribution is 2.32. The maximum atomic E-state index is 13.3. The maximum Gasteiger partial charge on any atom is 0.244 e. The van der Waals surface area contributed by atoms with Crippen molar-refractivity contribution in [3.05, 3.63) is 23.0 Å². The summed E-state index contributed by atoms with van der Waals surface area (Å²) in [5.74, 6) is -0.522. The summed E-state index contributed by atoms with van der Waals surface area (Å²) in [5.41, 5.74) is 5.24. The molecule has 0 spiro atoms. The van der Waals surface area contributed by atoms with Crippen LogP contribution in [0.2, 0.25) is 5.02 Å². The molecule has 1 aliphatic rings. The zero-order valence-corrected chi connectivity index (χ0v) is 13.7. The van der Waals surface area contributed by atoms with Gasteiger partial charge < -0.3 is 10.6 Å². The fraction of sp³-hybridized carbons (Fsp3) is 0.538. The molecule has 2 unspecified atom stereocenters. The summed E-state index contributed by atoms with van der Waals surface area (Å²) < 4.78 is 40.1. The van der Waals surface area contributed by atoms with Gasteiger partial charge in [-0.3, -0.25) is 0 Å². The molecule has 0 saturated carbocycles. The number of hydrogen-bond donors (Lipinski definition) is 1. The summed E-state index contributed by atoms with van der Waals surface area (Å²) in [7, 11) is 0.0537. The number of sulfonamides is 1. The summed E-state index contributed by atoms with van der Waals surface area (Å²) in [5, 5.41) is -0.150. The van der Waals surface area contributed by atoms with E-state index in [-0.39, 0.29) is 27.6 Å². The molecule has 118 valence electrons. The minimum Gasteiger partial charge on any atom is -0.396 e. The zero-order chi connectivity index (χ0) is 15.9. The third kappa shape index (κ3) is 3.01. The van der Waals surface area contributed by atoms with Gasteiger partial charge in [0, 0.05) is 19.1 Å². The van der Waals surface area contributed by atoms with Crippen molar-refractivity contribution in [2.45, 2.75) is 17.9 Å². The zero-order valence-electron chi connectivity index (χ0n) is 12.2. The molecule has 1 fully saturated rings. The van der Waals surface area contributed by atoms with E-state index in [0.717, 1.165) is 12.1 Å². The quantitative estimate of drug-likeness (QED) is 0.853. The summed E-state index contributed by atoms with van der Waals surface area (Å²) in [4.78, 5) is 1.86. The Balaban J connectivity index is 2.38. The number of nitrogen functional groups attached to an aromatic ring is 1. The van der Waals surface area contributed by atoms with Crippen LogP contribution < -0.4 is 5.73 Å². The van der Waals surface area contributed by atoms with E-state index >= 15 is 0 Å². The summed E-state index contributed by atoms with van der Waals surface area (Å²) in [6.07, 6.45) is 0. The van der Waals surface area contributed by atoms with Crippen LogP contribution >= 0.6 is 11.6 Å². The predicted octanol–water partition coefficient (Wildman–Crippen LogP) is 1.63. The highest BCUT2D eigenvalue weighted by molar-refractivity contribution is 7.89. The third-order valence-electron chi connectivity index (χ3n) is 3.87. The van der Waals surface area contributed by atoms with Crippen LogP contribution in [0.4, 0.5) is 10.1 Å². The van der Waals surface area contributed by atoms with Gasteiger partial charge in [-0.2, -0.15) is 4.31 Å². The minimum atomic E-state index is -3.78. The molecule has 1 aromatic carbocycles. The number of likely N-dealkylation sites (N-methyl/N-ethyl adjacent to an activating group) is 1. The fourth-order valence-corrected chi connectivity index (χ4v) is 4.74. The Bertz CT molecular complexity index is 651. The second-order valence-electron chi connectivity index (χ2n) is 5.63. The van der Waals surface area contributed by atoms with Crippen LogP contribution in [0.15, 0.2) is 17.0 Å². The number of nitrogens with zero attached hydrogens (tertiary/aromatic N) is 2. The van der Waals surface area contributed by atoms with Crippen molar-refractivity contribution < 1.29 is 12.8 Å². The van der Waals surface area contributed by atoms with Gasteiger partial charge >= 0.3 is 0 Å². The molecular weight excluding hydrogens is 317 g/mol. The van der Waals surface area contributed by atoms with Crippen LogP contribution in [0.1, 0.15) is 6.92 Å². The van der Waals surface area contributed by atoms with Crippen molar-refractivity contribution in [2.75, 3.05) is 32.9 Å². The van der Waals surface area contributed by atoms with Crippen LogP contribution in [0.3, 0.4) is 0 Å². The molecule has 1 heterocycles. The fourth-order valence-electron chi connectivity index (χ4n) is 2.66. The monoisotopic (exact) mass is 335 g/mol. The molecule has 0 aromatic heterocycles. The average molecular weight is 336 g/mol. The molecule has 0 amide bonds. The molecule has 0 radical (unpaired) electrons. The van der Waals surface area contributed by atoms with Crippen molar-refractivity contribution in [3.63, 3.8) is 0 Å². The lowest BCUT2D eigenvalue weighted by Gasteiger charge is -2.22. The topological polar surface area (TPSA) is 66.6 Å².